The molecule has 0 atom stereocenters. The highest BCUT2D eigenvalue weighted by molar-refractivity contribution is 14.0. The highest BCUT2D eigenvalue weighted by atomic mass is 127. The van der Waals surface area contributed by atoms with Crippen LogP contribution in [0, 0.1) is 5.82 Å². The van der Waals surface area contributed by atoms with Crippen LogP contribution in [0.3, 0.4) is 0 Å². The summed E-state index contributed by atoms with van der Waals surface area (Å²) in [5, 5.41) is 10.6. The maximum atomic E-state index is 13.2. The molecule has 2 N–H and O–H groups in total. The van der Waals surface area contributed by atoms with Crippen molar-refractivity contribution in [3.8, 4) is 11.6 Å². The second kappa shape index (κ2) is 10.8. The Labute approximate surface area is 178 Å². The summed E-state index contributed by atoms with van der Waals surface area (Å²) >= 11 is 1.67. The fraction of sp³-hybridized carbons (Fsp3) is 0.158. The third kappa shape index (κ3) is 6.79. The van der Waals surface area contributed by atoms with Crippen LogP contribution in [0.15, 0.2) is 64.4 Å². The van der Waals surface area contributed by atoms with E-state index in [0.717, 1.165) is 18.1 Å². The smallest absolute Gasteiger partial charge is 0.219 e. The third-order valence-electron chi connectivity index (χ3n) is 3.54. The van der Waals surface area contributed by atoms with E-state index in [0.29, 0.717) is 18.2 Å². The molecule has 3 rings (SSSR count). The van der Waals surface area contributed by atoms with E-state index in [1.165, 1.54) is 17.7 Å². The Balaban J connectivity index is 0.00000261. The van der Waals surface area contributed by atoms with Gasteiger partial charge in [-0.05, 0) is 40.1 Å². The van der Waals surface area contributed by atoms with Gasteiger partial charge in [0, 0.05) is 38.5 Å². The number of aliphatic imine (C=N–C) groups is 1. The molecule has 0 saturated carbocycles. The van der Waals surface area contributed by atoms with Crippen molar-refractivity contribution in [2.24, 2.45) is 4.99 Å². The summed E-state index contributed by atoms with van der Waals surface area (Å²) in [4.78, 5) is 8.45. The van der Waals surface area contributed by atoms with Gasteiger partial charge in [-0.3, -0.25) is 4.99 Å². The van der Waals surface area contributed by atoms with E-state index >= 15 is 0 Å². The molecule has 2 aromatic heterocycles. The molecule has 0 amide bonds. The highest BCUT2D eigenvalue weighted by Gasteiger charge is 2.03. The summed E-state index contributed by atoms with van der Waals surface area (Å²) in [5.41, 5.74) is 2.20. The molecule has 8 heteroatoms. The number of rotatable bonds is 6. The molecule has 2 heterocycles. The van der Waals surface area contributed by atoms with E-state index in [4.69, 9.17) is 4.74 Å². The largest absolute Gasteiger partial charge is 0.439 e. The van der Waals surface area contributed by atoms with Crippen molar-refractivity contribution in [3.63, 3.8) is 0 Å². The van der Waals surface area contributed by atoms with Crippen LogP contribution in [0.2, 0.25) is 0 Å². The van der Waals surface area contributed by atoms with Crippen LogP contribution in [0.1, 0.15) is 11.1 Å². The van der Waals surface area contributed by atoms with E-state index in [2.05, 4.69) is 32.1 Å². The molecule has 5 nitrogen and oxygen atoms in total. The zero-order chi connectivity index (χ0) is 18.2. The molecule has 0 spiro atoms. The summed E-state index contributed by atoms with van der Waals surface area (Å²) in [6.45, 7) is 1.30. The molecule has 0 saturated heterocycles. The first-order valence-corrected chi connectivity index (χ1v) is 9.01. The molecular formula is C19H20FIN4OS. The number of hydrogen-bond acceptors (Lipinski definition) is 4. The first kappa shape index (κ1) is 21.1. The van der Waals surface area contributed by atoms with Gasteiger partial charge in [-0.15, -0.1) is 24.0 Å². The maximum Gasteiger partial charge on any atom is 0.219 e. The van der Waals surface area contributed by atoms with Gasteiger partial charge in [-0.2, -0.15) is 11.3 Å². The predicted molar refractivity (Wildman–Crippen MR) is 117 cm³/mol. The van der Waals surface area contributed by atoms with E-state index < -0.39 is 0 Å². The lowest BCUT2D eigenvalue weighted by molar-refractivity contribution is 0.457. The second-order valence-corrected chi connectivity index (χ2v) is 6.26. The molecule has 1 aromatic carbocycles. The summed E-state index contributed by atoms with van der Waals surface area (Å²) in [5.74, 6) is 1.21. The van der Waals surface area contributed by atoms with Crippen LogP contribution in [0.4, 0.5) is 4.39 Å². The van der Waals surface area contributed by atoms with E-state index in [1.54, 1.807) is 42.8 Å². The molecule has 0 aliphatic heterocycles. The first-order valence-electron chi connectivity index (χ1n) is 8.07. The van der Waals surface area contributed by atoms with Crippen LogP contribution >= 0.6 is 35.3 Å². The van der Waals surface area contributed by atoms with Crippen molar-refractivity contribution >= 4 is 41.3 Å². The molecule has 0 radical (unpaired) electrons. The molecule has 0 unspecified atom stereocenters. The fourth-order valence-electron chi connectivity index (χ4n) is 2.21. The Morgan fingerprint density at radius 1 is 1.15 bits per heavy atom. The van der Waals surface area contributed by atoms with Gasteiger partial charge in [0.1, 0.15) is 11.6 Å². The Bertz CT molecular complexity index is 856. The minimum atomic E-state index is -0.343. The lowest BCUT2D eigenvalue weighted by Gasteiger charge is -2.11. The number of benzene rings is 1. The van der Waals surface area contributed by atoms with Crippen LogP contribution in [-0.2, 0) is 13.1 Å². The maximum absolute atomic E-state index is 13.2. The zero-order valence-electron chi connectivity index (χ0n) is 14.7. The Morgan fingerprint density at radius 2 is 1.96 bits per heavy atom. The van der Waals surface area contributed by atoms with E-state index in [9.17, 15) is 4.39 Å². The van der Waals surface area contributed by atoms with Crippen molar-refractivity contribution in [2.45, 2.75) is 13.1 Å². The zero-order valence-corrected chi connectivity index (χ0v) is 17.8. The average Bonchev–Trinajstić information content (AvgIpc) is 3.17. The predicted octanol–water partition coefficient (Wildman–Crippen LogP) is 4.56. The molecule has 0 bridgehead atoms. The number of pyridine rings is 1. The highest BCUT2D eigenvalue weighted by Crippen LogP contribution is 2.19. The normalized spacial score (nSPS) is 10.8. The van der Waals surface area contributed by atoms with Gasteiger partial charge < -0.3 is 15.4 Å². The molecule has 0 aliphatic rings. The second-order valence-electron chi connectivity index (χ2n) is 5.48. The lowest BCUT2D eigenvalue weighted by atomic mass is 10.3. The average molecular weight is 498 g/mol. The van der Waals surface area contributed by atoms with Crippen molar-refractivity contribution in [1.82, 2.24) is 15.6 Å². The quantitative estimate of drug-likeness (QED) is 0.297. The van der Waals surface area contributed by atoms with Gasteiger partial charge in [-0.1, -0.05) is 12.1 Å². The fourth-order valence-corrected chi connectivity index (χ4v) is 2.88. The van der Waals surface area contributed by atoms with Gasteiger partial charge in [-0.25, -0.2) is 9.37 Å². The number of nitrogens with one attached hydrogen (secondary N) is 2. The van der Waals surface area contributed by atoms with Crippen molar-refractivity contribution in [2.75, 3.05) is 7.05 Å². The number of thiophene rings is 1. The number of ether oxygens (including phenoxy) is 1. The Kier molecular flexibility index (Phi) is 8.46. The van der Waals surface area contributed by atoms with Gasteiger partial charge in [0.15, 0.2) is 5.96 Å². The number of halogens is 2. The van der Waals surface area contributed by atoms with Gasteiger partial charge in [0.2, 0.25) is 5.88 Å². The number of guanidine groups is 1. The van der Waals surface area contributed by atoms with Gasteiger partial charge >= 0.3 is 0 Å². The summed E-state index contributed by atoms with van der Waals surface area (Å²) < 4.78 is 18.7. The molecule has 3 aromatic rings. The Hall–Kier alpha value is -2.20. The molecule has 27 heavy (non-hydrogen) atoms. The Morgan fingerprint density at radius 3 is 2.59 bits per heavy atom. The van der Waals surface area contributed by atoms with Crippen LogP contribution in [0.25, 0.3) is 0 Å². The lowest BCUT2D eigenvalue weighted by Crippen LogP contribution is -2.36. The van der Waals surface area contributed by atoms with Crippen molar-refractivity contribution < 1.29 is 9.13 Å². The number of hydrogen-bond donors (Lipinski definition) is 2. The first-order chi connectivity index (χ1) is 12.7. The standard InChI is InChI=1S/C19H19FN4OS.HI/c1-21-19(24-12-15-7-8-26-13-15)23-11-14-5-6-18(22-10-14)25-17-4-2-3-16(20)9-17;/h2-10,13H,11-12H2,1H3,(H2,21,23,24);1H. The van der Waals surface area contributed by atoms with Crippen LogP contribution in [0.5, 0.6) is 11.6 Å². The molecule has 0 aliphatic carbocycles. The number of aromatic nitrogens is 1. The minimum Gasteiger partial charge on any atom is -0.439 e. The minimum absolute atomic E-state index is 0. The molecule has 142 valence electrons. The summed E-state index contributed by atoms with van der Waals surface area (Å²) in [7, 11) is 1.73. The van der Waals surface area contributed by atoms with Crippen LogP contribution in [-0.4, -0.2) is 18.0 Å². The monoisotopic (exact) mass is 498 g/mol. The van der Waals surface area contributed by atoms with Crippen LogP contribution < -0.4 is 15.4 Å². The molecular weight excluding hydrogens is 478 g/mol. The third-order valence-corrected chi connectivity index (χ3v) is 4.27. The van der Waals surface area contributed by atoms with Gasteiger partial charge in [0.05, 0.1) is 0 Å². The van der Waals surface area contributed by atoms with E-state index in [-0.39, 0.29) is 29.8 Å². The summed E-state index contributed by atoms with van der Waals surface area (Å²) in [6.07, 6.45) is 1.72. The van der Waals surface area contributed by atoms with Crippen molar-refractivity contribution in [3.05, 3.63) is 76.4 Å². The summed E-state index contributed by atoms with van der Waals surface area (Å²) in [6, 6.07) is 11.7. The van der Waals surface area contributed by atoms with Gasteiger partial charge in [0.25, 0.3) is 0 Å². The SMILES string of the molecule is CN=C(NCc1ccc(Oc2cccc(F)c2)nc1)NCc1ccsc1.I. The van der Waals surface area contributed by atoms with Crippen molar-refractivity contribution in [1.29, 1.82) is 0 Å². The number of nitrogens with zero attached hydrogens (tertiary/aromatic N) is 2. The van der Waals surface area contributed by atoms with E-state index in [1.807, 2.05) is 11.4 Å². The topological polar surface area (TPSA) is 58.5 Å². The molecule has 0 fully saturated rings.